The molecule has 15 heavy (non-hydrogen) atoms. The van der Waals surface area contributed by atoms with Crippen molar-refractivity contribution in [2.75, 3.05) is 0 Å². The van der Waals surface area contributed by atoms with E-state index in [1.165, 1.54) is 0 Å². The van der Waals surface area contributed by atoms with Crippen molar-refractivity contribution in [1.82, 2.24) is 5.01 Å². The van der Waals surface area contributed by atoms with Crippen LogP contribution in [0.25, 0.3) is 0 Å². The summed E-state index contributed by atoms with van der Waals surface area (Å²) in [4.78, 5) is 22.8. The maximum atomic E-state index is 11.6. The van der Waals surface area contributed by atoms with E-state index in [1.54, 1.807) is 0 Å². The Morgan fingerprint density at radius 2 is 1.87 bits per heavy atom. The van der Waals surface area contributed by atoms with E-state index in [1.807, 2.05) is 24.3 Å². The van der Waals surface area contributed by atoms with Crippen LogP contribution in [0.15, 0.2) is 28.7 Å². The monoisotopic (exact) mass is 268 g/mol. The maximum absolute atomic E-state index is 11.6. The third kappa shape index (κ3) is 1.80. The molecule has 2 N–H and O–H groups in total. The molecule has 0 spiro atoms. The highest BCUT2D eigenvalue weighted by Crippen LogP contribution is 2.28. The van der Waals surface area contributed by atoms with Crippen LogP contribution in [0.4, 0.5) is 0 Å². The average Bonchev–Trinajstić information content (AvgIpc) is 2.47. The lowest BCUT2D eigenvalue weighted by molar-refractivity contribution is -0.139. The third-order valence-corrected chi connectivity index (χ3v) is 2.98. The number of imide groups is 1. The van der Waals surface area contributed by atoms with Crippen molar-refractivity contribution in [3.63, 3.8) is 0 Å². The lowest BCUT2D eigenvalue weighted by atomic mass is 9.98. The van der Waals surface area contributed by atoms with Gasteiger partial charge in [-0.05, 0) is 17.7 Å². The molecule has 5 heteroatoms. The summed E-state index contributed by atoms with van der Waals surface area (Å²) in [5, 5.41) is 0.701. The summed E-state index contributed by atoms with van der Waals surface area (Å²) in [6, 6.07) is 7.32. The van der Waals surface area contributed by atoms with Crippen molar-refractivity contribution in [1.29, 1.82) is 0 Å². The number of amides is 2. The predicted molar refractivity (Wildman–Crippen MR) is 57.5 cm³/mol. The first kappa shape index (κ1) is 10.3. The lowest BCUT2D eigenvalue weighted by Crippen LogP contribution is -2.36. The van der Waals surface area contributed by atoms with Gasteiger partial charge in [-0.3, -0.25) is 9.59 Å². The first-order valence-corrected chi connectivity index (χ1v) is 5.26. The Bertz CT molecular complexity index is 416. The Morgan fingerprint density at radius 3 is 2.33 bits per heavy atom. The number of nitrogens with zero attached hydrogens (tertiary/aromatic N) is 1. The molecule has 1 fully saturated rings. The Morgan fingerprint density at radius 1 is 1.27 bits per heavy atom. The van der Waals surface area contributed by atoms with Crippen LogP contribution in [-0.4, -0.2) is 16.8 Å². The van der Waals surface area contributed by atoms with E-state index < -0.39 is 5.92 Å². The summed E-state index contributed by atoms with van der Waals surface area (Å²) in [6.07, 6.45) is 0.164. The molecule has 1 aromatic rings. The van der Waals surface area contributed by atoms with Crippen LogP contribution in [0.2, 0.25) is 0 Å². The molecule has 1 aliphatic rings. The van der Waals surface area contributed by atoms with E-state index in [0.717, 1.165) is 10.0 Å². The quantitative estimate of drug-likeness (QED) is 0.473. The molecule has 1 aliphatic heterocycles. The van der Waals surface area contributed by atoms with Crippen molar-refractivity contribution in [2.24, 2.45) is 5.84 Å². The van der Waals surface area contributed by atoms with E-state index in [4.69, 9.17) is 5.84 Å². The topological polar surface area (TPSA) is 63.4 Å². The van der Waals surface area contributed by atoms with E-state index in [-0.39, 0.29) is 18.2 Å². The maximum Gasteiger partial charge on any atom is 0.251 e. The summed E-state index contributed by atoms with van der Waals surface area (Å²) < 4.78 is 0.938. The number of benzene rings is 1. The fourth-order valence-electron chi connectivity index (χ4n) is 1.61. The first-order valence-electron chi connectivity index (χ1n) is 4.46. The molecule has 2 amide bonds. The van der Waals surface area contributed by atoms with Gasteiger partial charge in [-0.1, -0.05) is 28.1 Å². The van der Waals surface area contributed by atoms with Gasteiger partial charge in [0.1, 0.15) is 0 Å². The molecule has 0 radical (unpaired) electrons. The largest absolute Gasteiger partial charge is 0.273 e. The van der Waals surface area contributed by atoms with E-state index in [2.05, 4.69) is 15.9 Å². The van der Waals surface area contributed by atoms with Crippen LogP contribution in [0.1, 0.15) is 17.9 Å². The highest BCUT2D eigenvalue weighted by Gasteiger charge is 2.37. The second-order valence-electron chi connectivity index (χ2n) is 3.41. The number of nitrogens with two attached hydrogens (primary N) is 1. The number of carbonyl (C=O) groups is 2. The van der Waals surface area contributed by atoms with Crippen LogP contribution in [0.3, 0.4) is 0 Å². The molecule has 0 bridgehead atoms. The highest BCUT2D eigenvalue weighted by atomic mass is 79.9. The Labute approximate surface area is 95.1 Å². The van der Waals surface area contributed by atoms with Gasteiger partial charge in [-0.25, -0.2) is 10.9 Å². The highest BCUT2D eigenvalue weighted by molar-refractivity contribution is 9.10. The van der Waals surface area contributed by atoms with Crippen molar-refractivity contribution in [3.05, 3.63) is 34.3 Å². The van der Waals surface area contributed by atoms with E-state index in [9.17, 15) is 9.59 Å². The van der Waals surface area contributed by atoms with Crippen LogP contribution >= 0.6 is 15.9 Å². The number of carbonyl (C=O) groups excluding carboxylic acids is 2. The number of rotatable bonds is 1. The molecule has 1 heterocycles. The minimum absolute atomic E-state index is 0.164. The van der Waals surface area contributed by atoms with Gasteiger partial charge in [0, 0.05) is 10.9 Å². The molecular weight excluding hydrogens is 260 g/mol. The first-order chi connectivity index (χ1) is 7.09. The van der Waals surface area contributed by atoms with Crippen LogP contribution in [0, 0.1) is 0 Å². The van der Waals surface area contributed by atoms with E-state index in [0.29, 0.717) is 5.01 Å². The summed E-state index contributed by atoms with van der Waals surface area (Å²) in [7, 11) is 0. The fourth-order valence-corrected chi connectivity index (χ4v) is 1.87. The molecule has 78 valence electrons. The van der Waals surface area contributed by atoms with Gasteiger partial charge < -0.3 is 0 Å². The van der Waals surface area contributed by atoms with E-state index >= 15 is 0 Å². The fraction of sp³-hybridized carbons (Fsp3) is 0.200. The minimum Gasteiger partial charge on any atom is -0.273 e. The van der Waals surface area contributed by atoms with Gasteiger partial charge >= 0.3 is 0 Å². The van der Waals surface area contributed by atoms with Gasteiger partial charge in [0.05, 0.1) is 5.92 Å². The molecule has 1 saturated heterocycles. The van der Waals surface area contributed by atoms with Crippen LogP contribution < -0.4 is 5.84 Å². The Hall–Kier alpha value is -1.20. The molecule has 1 unspecified atom stereocenters. The lowest BCUT2D eigenvalue weighted by Gasteiger charge is -2.08. The number of halogens is 1. The summed E-state index contributed by atoms with van der Waals surface area (Å²) in [5.41, 5.74) is 0.824. The number of hydrazine groups is 1. The predicted octanol–water partition coefficient (Wildman–Crippen LogP) is 1.17. The zero-order valence-electron chi connectivity index (χ0n) is 7.81. The number of hydrogen-bond donors (Lipinski definition) is 1. The normalized spacial score (nSPS) is 21.2. The standard InChI is InChI=1S/C10H9BrN2O2/c11-7-3-1-6(2-4-7)8-5-9(14)13(12)10(8)15/h1-4,8H,5,12H2. The number of hydrogen-bond acceptors (Lipinski definition) is 3. The molecule has 0 aromatic heterocycles. The van der Waals surface area contributed by atoms with Gasteiger partial charge in [0.2, 0.25) is 5.91 Å². The van der Waals surface area contributed by atoms with Gasteiger partial charge in [0.15, 0.2) is 0 Å². The zero-order valence-corrected chi connectivity index (χ0v) is 9.40. The third-order valence-electron chi connectivity index (χ3n) is 2.46. The SMILES string of the molecule is NN1C(=O)CC(c2ccc(Br)cc2)C1=O. The van der Waals surface area contributed by atoms with Gasteiger partial charge in [-0.2, -0.15) is 0 Å². The molecule has 0 saturated carbocycles. The Kier molecular flexibility index (Phi) is 2.58. The van der Waals surface area contributed by atoms with Crippen LogP contribution in [-0.2, 0) is 9.59 Å². The second kappa shape index (κ2) is 3.75. The molecular formula is C10H9BrN2O2. The molecule has 2 rings (SSSR count). The minimum atomic E-state index is -0.421. The van der Waals surface area contributed by atoms with Crippen molar-refractivity contribution in [3.8, 4) is 0 Å². The zero-order chi connectivity index (χ0) is 11.0. The Balaban J connectivity index is 2.29. The summed E-state index contributed by atoms with van der Waals surface area (Å²) >= 11 is 3.31. The molecule has 4 nitrogen and oxygen atoms in total. The van der Waals surface area contributed by atoms with Gasteiger partial charge in [0.25, 0.3) is 5.91 Å². The van der Waals surface area contributed by atoms with Crippen LogP contribution in [0.5, 0.6) is 0 Å². The molecule has 1 aromatic carbocycles. The van der Waals surface area contributed by atoms with Crippen molar-refractivity contribution >= 4 is 27.7 Å². The second-order valence-corrected chi connectivity index (χ2v) is 4.33. The van der Waals surface area contributed by atoms with Crippen molar-refractivity contribution in [2.45, 2.75) is 12.3 Å². The summed E-state index contributed by atoms with van der Waals surface area (Å²) in [5.74, 6) is 4.23. The summed E-state index contributed by atoms with van der Waals surface area (Å²) in [6.45, 7) is 0. The average molecular weight is 269 g/mol. The van der Waals surface area contributed by atoms with Crippen molar-refractivity contribution < 1.29 is 9.59 Å². The molecule has 1 atom stereocenters. The van der Waals surface area contributed by atoms with Gasteiger partial charge in [-0.15, -0.1) is 0 Å². The molecule has 0 aliphatic carbocycles. The smallest absolute Gasteiger partial charge is 0.251 e.